The first kappa shape index (κ1) is 21.3. The molecule has 0 spiro atoms. The van der Waals surface area contributed by atoms with Gasteiger partial charge in [0, 0.05) is 5.56 Å². The molecule has 2 nitrogen and oxygen atoms in total. The Hall–Kier alpha value is -0.933. The molecule has 4 aliphatic carbocycles. The van der Waals surface area contributed by atoms with Crippen LogP contribution in [0, 0.1) is 23.7 Å². The normalized spacial score (nSPS) is 28.6. The molecule has 4 heteroatoms. The summed E-state index contributed by atoms with van der Waals surface area (Å²) in [6.45, 7) is 12.0. The SMILES string of the molecule is CC(C)(C)[Si](C)(C)Oc1cccc(C(OCCCl)=C2C3CC4CC(C3)CC2C4)c1. The zero-order valence-corrected chi connectivity index (χ0v) is 20.5. The maximum atomic E-state index is 6.60. The molecule has 1 aromatic rings. The molecule has 0 aromatic heterocycles. The molecule has 4 bridgehead atoms. The Balaban J connectivity index is 1.68. The van der Waals surface area contributed by atoms with Crippen LogP contribution in [0.4, 0.5) is 0 Å². The minimum absolute atomic E-state index is 0.181. The van der Waals surface area contributed by atoms with Crippen LogP contribution in [0.3, 0.4) is 0 Å². The lowest BCUT2D eigenvalue weighted by Gasteiger charge is -2.51. The summed E-state index contributed by atoms with van der Waals surface area (Å²) in [5.74, 6) is 5.93. The zero-order chi connectivity index (χ0) is 20.8. The maximum Gasteiger partial charge on any atom is 0.250 e. The van der Waals surface area contributed by atoms with Crippen molar-refractivity contribution >= 4 is 25.7 Å². The van der Waals surface area contributed by atoms with Crippen molar-refractivity contribution in [3.63, 3.8) is 0 Å². The molecule has 0 heterocycles. The highest BCUT2D eigenvalue weighted by atomic mass is 35.5. The minimum atomic E-state index is -1.87. The van der Waals surface area contributed by atoms with E-state index in [1.165, 1.54) is 37.7 Å². The highest BCUT2D eigenvalue weighted by Crippen LogP contribution is 2.58. The van der Waals surface area contributed by atoms with E-state index in [9.17, 15) is 0 Å². The third-order valence-electron chi connectivity index (χ3n) is 7.88. The molecule has 0 aliphatic heterocycles. The number of allylic oxidation sites excluding steroid dienone is 1. The average Bonchev–Trinajstić information content (AvgIpc) is 2.62. The summed E-state index contributed by atoms with van der Waals surface area (Å²) in [4.78, 5) is 0. The van der Waals surface area contributed by atoms with E-state index in [1.807, 2.05) is 0 Å². The summed E-state index contributed by atoms with van der Waals surface area (Å²) in [5.41, 5.74) is 2.76. The van der Waals surface area contributed by atoms with Gasteiger partial charge in [-0.15, -0.1) is 11.6 Å². The first-order valence-electron chi connectivity index (χ1n) is 11.4. The van der Waals surface area contributed by atoms with Gasteiger partial charge in [0.05, 0.1) is 5.88 Å². The van der Waals surface area contributed by atoms with Crippen molar-refractivity contribution in [3.05, 3.63) is 35.4 Å². The number of hydrogen-bond acceptors (Lipinski definition) is 2. The Labute approximate surface area is 183 Å². The number of halogens is 1. The molecule has 29 heavy (non-hydrogen) atoms. The van der Waals surface area contributed by atoms with Crippen LogP contribution in [0.15, 0.2) is 29.8 Å². The summed E-state index contributed by atoms with van der Waals surface area (Å²) in [5, 5.41) is 0.181. The summed E-state index contributed by atoms with van der Waals surface area (Å²) in [7, 11) is -1.87. The van der Waals surface area contributed by atoms with Gasteiger partial charge >= 0.3 is 0 Å². The Morgan fingerprint density at radius 1 is 1.03 bits per heavy atom. The number of rotatable bonds is 6. The van der Waals surface area contributed by atoms with Crippen molar-refractivity contribution in [1.29, 1.82) is 0 Å². The molecule has 1 aromatic carbocycles. The van der Waals surface area contributed by atoms with Crippen LogP contribution in [0.2, 0.25) is 18.1 Å². The molecule has 0 saturated heterocycles. The Bertz CT molecular complexity index is 747. The van der Waals surface area contributed by atoms with Crippen molar-refractivity contribution in [2.45, 2.75) is 71.0 Å². The van der Waals surface area contributed by atoms with Gasteiger partial charge in [-0.05, 0) is 91.6 Å². The van der Waals surface area contributed by atoms with Crippen LogP contribution in [-0.2, 0) is 4.74 Å². The lowest BCUT2D eigenvalue weighted by molar-refractivity contribution is 0.0668. The molecule has 0 radical (unpaired) electrons. The molecule has 160 valence electrons. The molecule has 0 amide bonds. The van der Waals surface area contributed by atoms with Gasteiger partial charge in [0.1, 0.15) is 18.1 Å². The molecule has 4 fully saturated rings. The second-order valence-corrected chi connectivity index (χ2v) is 16.1. The van der Waals surface area contributed by atoms with E-state index in [0.29, 0.717) is 24.3 Å². The van der Waals surface area contributed by atoms with Crippen molar-refractivity contribution < 1.29 is 9.16 Å². The fourth-order valence-electron chi connectivity index (χ4n) is 5.69. The van der Waals surface area contributed by atoms with Crippen molar-refractivity contribution in [2.24, 2.45) is 23.7 Å². The predicted octanol–water partition coefficient (Wildman–Crippen LogP) is 7.49. The Kier molecular flexibility index (Phi) is 5.85. The van der Waals surface area contributed by atoms with Gasteiger partial charge in [-0.25, -0.2) is 0 Å². The fraction of sp³-hybridized carbons (Fsp3) is 0.680. The first-order chi connectivity index (χ1) is 13.7. The molecular formula is C25H37ClO2Si. The second kappa shape index (κ2) is 7.96. The van der Waals surface area contributed by atoms with E-state index in [2.05, 4.69) is 58.1 Å². The number of hydrogen-bond donors (Lipinski definition) is 0. The minimum Gasteiger partial charge on any atom is -0.543 e. The Morgan fingerprint density at radius 2 is 1.66 bits per heavy atom. The maximum absolute atomic E-state index is 6.60. The van der Waals surface area contributed by atoms with Crippen molar-refractivity contribution in [2.75, 3.05) is 12.5 Å². The van der Waals surface area contributed by atoms with Gasteiger partial charge in [0.15, 0.2) is 0 Å². The largest absolute Gasteiger partial charge is 0.543 e. The topological polar surface area (TPSA) is 18.5 Å². The van der Waals surface area contributed by atoms with E-state index < -0.39 is 8.32 Å². The molecular weight excluding hydrogens is 396 g/mol. The number of benzene rings is 1. The molecule has 4 saturated carbocycles. The summed E-state index contributed by atoms with van der Waals surface area (Å²) >= 11 is 6.02. The Morgan fingerprint density at radius 3 is 2.21 bits per heavy atom. The summed E-state index contributed by atoms with van der Waals surface area (Å²) in [6, 6.07) is 8.63. The van der Waals surface area contributed by atoms with Gasteiger partial charge in [-0.1, -0.05) is 32.9 Å². The molecule has 0 atom stereocenters. The van der Waals surface area contributed by atoms with E-state index in [0.717, 1.165) is 23.3 Å². The van der Waals surface area contributed by atoms with Crippen LogP contribution in [0.5, 0.6) is 5.75 Å². The predicted molar refractivity (Wildman–Crippen MR) is 125 cm³/mol. The smallest absolute Gasteiger partial charge is 0.250 e. The quantitative estimate of drug-likeness (QED) is 0.263. The summed E-state index contributed by atoms with van der Waals surface area (Å²) < 4.78 is 13.0. The average molecular weight is 433 g/mol. The third kappa shape index (κ3) is 4.28. The lowest BCUT2D eigenvalue weighted by Crippen LogP contribution is -2.43. The van der Waals surface area contributed by atoms with Gasteiger partial charge in [0.25, 0.3) is 0 Å². The van der Waals surface area contributed by atoms with Crippen LogP contribution in [0.1, 0.15) is 58.4 Å². The van der Waals surface area contributed by atoms with Crippen molar-refractivity contribution in [1.82, 2.24) is 0 Å². The molecule has 5 rings (SSSR count). The van der Waals surface area contributed by atoms with Crippen LogP contribution < -0.4 is 4.43 Å². The van der Waals surface area contributed by atoms with Gasteiger partial charge in [-0.3, -0.25) is 0 Å². The zero-order valence-electron chi connectivity index (χ0n) is 18.8. The first-order valence-corrected chi connectivity index (χ1v) is 14.8. The van der Waals surface area contributed by atoms with Crippen LogP contribution in [-0.4, -0.2) is 20.8 Å². The highest BCUT2D eigenvalue weighted by Gasteiger charge is 2.47. The molecule has 0 N–H and O–H groups in total. The van der Waals surface area contributed by atoms with E-state index >= 15 is 0 Å². The van der Waals surface area contributed by atoms with Gasteiger partial charge < -0.3 is 9.16 Å². The lowest BCUT2D eigenvalue weighted by atomic mass is 9.54. The number of alkyl halides is 1. The van der Waals surface area contributed by atoms with Gasteiger partial charge in [-0.2, -0.15) is 0 Å². The monoisotopic (exact) mass is 432 g/mol. The fourth-order valence-corrected chi connectivity index (χ4v) is 6.78. The number of ether oxygens (including phenoxy) is 1. The van der Waals surface area contributed by atoms with Crippen LogP contribution in [0.25, 0.3) is 5.76 Å². The third-order valence-corrected chi connectivity index (χ3v) is 12.4. The van der Waals surface area contributed by atoms with E-state index in [-0.39, 0.29) is 5.04 Å². The van der Waals surface area contributed by atoms with E-state index in [1.54, 1.807) is 5.57 Å². The van der Waals surface area contributed by atoms with E-state index in [4.69, 9.17) is 20.8 Å². The van der Waals surface area contributed by atoms with Crippen molar-refractivity contribution in [3.8, 4) is 5.75 Å². The highest BCUT2D eigenvalue weighted by molar-refractivity contribution is 6.74. The second-order valence-electron chi connectivity index (χ2n) is 11.0. The summed E-state index contributed by atoms with van der Waals surface area (Å²) in [6.07, 6.45) is 6.90. The van der Waals surface area contributed by atoms with Gasteiger partial charge in [0.2, 0.25) is 8.32 Å². The molecule has 0 unspecified atom stereocenters. The van der Waals surface area contributed by atoms with Crippen LogP contribution >= 0.6 is 11.6 Å². The molecule has 4 aliphatic rings. The standard InChI is InChI=1S/C25H37ClO2Si/c1-25(2,3)29(4,5)28-22-8-6-7-19(16-22)24(27-10-9-26)23-20-12-17-11-18(14-20)15-21(23)13-17/h6-8,16-18,20-21H,9-15H2,1-5H3.